The van der Waals surface area contributed by atoms with E-state index in [4.69, 9.17) is 16.0 Å². The zero-order valence-electron chi connectivity index (χ0n) is 12.7. The van der Waals surface area contributed by atoms with Gasteiger partial charge in [-0.3, -0.25) is 4.79 Å². The first-order chi connectivity index (χ1) is 11.2. The number of furan rings is 1. The van der Waals surface area contributed by atoms with E-state index in [1.807, 2.05) is 12.3 Å². The highest BCUT2D eigenvalue weighted by molar-refractivity contribution is 7.98. The maximum absolute atomic E-state index is 12.4. The molecule has 122 valence electrons. The molecular formula is C15H17ClN4O2S. The third-order valence-electron chi connectivity index (χ3n) is 3.69. The minimum Gasteiger partial charge on any atom is -0.440 e. The maximum atomic E-state index is 12.4. The fourth-order valence-corrected chi connectivity index (χ4v) is 3.04. The van der Waals surface area contributed by atoms with Crippen molar-refractivity contribution in [2.45, 2.75) is 11.6 Å². The van der Waals surface area contributed by atoms with Gasteiger partial charge >= 0.3 is 0 Å². The Morgan fingerprint density at radius 2 is 2.13 bits per heavy atom. The molecule has 0 N–H and O–H groups in total. The lowest BCUT2D eigenvalue weighted by Gasteiger charge is -2.22. The fraction of sp³-hybridized carbons (Fsp3) is 0.400. The van der Waals surface area contributed by atoms with Gasteiger partial charge in [0.15, 0.2) is 16.1 Å². The van der Waals surface area contributed by atoms with E-state index < -0.39 is 0 Å². The molecule has 1 amide bonds. The van der Waals surface area contributed by atoms with Gasteiger partial charge in [-0.1, -0.05) is 11.8 Å². The first-order valence-electron chi connectivity index (χ1n) is 7.34. The van der Waals surface area contributed by atoms with Gasteiger partial charge < -0.3 is 14.2 Å². The third-order valence-corrected chi connectivity index (χ3v) is 4.46. The first kappa shape index (κ1) is 16.1. The monoisotopic (exact) mass is 352 g/mol. The summed E-state index contributed by atoms with van der Waals surface area (Å²) in [5, 5.41) is 0.986. The van der Waals surface area contributed by atoms with E-state index in [1.165, 1.54) is 11.8 Å². The van der Waals surface area contributed by atoms with Crippen LogP contribution >= 0.6 is 23.4 Å². The summed E-state index contributed by atoms with van der Waals surface area (Å²) < 4.78 is 5.22. The number of rotatable bonds is 3. The second kappa shape index (κ2) is 7.23. The Hall–Kier alpha value is -1.73. The van der Waals surface area contributed by atoms with Crippen LogP contribution in [0.5, 0.6) is 0 Å². The van der Waals surface area contributed by atoms with Gasteiger partial charge in [0.05, 0.1) is 0 Å². The van der Waals surface area contributed by atoms with Crippen LogP contribution < -0.4 is 4.90 Å². The van der Waals surface area contributed by atoms with Gasteiger partial charge in [0.25, 0.3) is 5.91 Å². The van der Waals surface area contributed by atoms with Crippen LogP contribution in [-0.2, 0) is 0 Å². The quantitative estimate of drug-likeness (QED) is 0.625. The first-order valence-corrected chi connectivity index (χ1v) is 8.94. The summed E-state index contributed by atoms with van der Waals surface area (Å²) in [6, 6.07) is 5.11. The van der Waals surface area contributed by atoms with Gasteiger partial charge in [-0.05, 0) is 42.5 Å². The number of hydrogen-bond donors (Lipinski definition) is 0. The van der Waals surface area contributed by atoms with Crippen LogP contribution in [0.15, 0.2) is 34.0 Å². The molecule has 0 bridgehead atoms. The highest BCUT2D eigenvalue weighted by Gasteiger charge is 2.23. The van der Waals surface area contributed by atoms with E-state index in [1.54, 1.807) is 23.2 Å². The molecule has 1 aliphatic heterocycles. The minimum atomic E-state index is -0.119. The summed E-state index contributed by atoms with van der Waals surface area (Å²) in [4.78, 5) is 25.1. The van der Waals surface area contributed by atoms with Crippen LogP contribution in [0, 0.1) is 0 Å². The number of halogens is 1. The summed E-state index contributed by atoms with van der Waals surface area (Å²) in [6.45, 7) is 2.89. The lowest BCUT2D eigenvalue weighted by molar-refractivity contribution is 0.0735. The molecule has 2 aromatic rings. The van der Waals surface area contributed by atoms with Crippen molar-refractivity contribution in [3.8, 4) is 0 Å². The van der Waals surface area contributed by atoms with Crippen molar-refractivity contribution >= 4 is 35.1 Å². The number of aromatic nitrogens is 2. The molecule has 3 heterocycles. The Labute approximate surface area is 143 Å². The lowest BCUT2D eigenvalue weighted by Crippen LogP contribution is -2.35. The molecule has 1 fully saturated rings. The molecule has 0 saturated carbocycles. The third kappa shape index (κ3) is 3.79. The number of nitrogens with zero attached hydrogens (tertiary/aromatic N) is 4. The molecule has 0 unspecified atom stereocenters. The average molecular weight is 353 g/mol. The van der Waals surface area contributed by atoms with E-state index in [-0.39, 0.29) is 16.9 Å². The van der Waals surface area contributed by atoms with Crippen LogP contribution in [-0.4, -0.2) is 53.2 Å². The number of thioether (sulfide) groups is 1. The molecular weight excluding hydrogens is 336 g/mol. The molecule has 2 aromatic heterocycles. The number of hydrogen-bond acceptors (Lipinski definition) is 6. The normalized spacial score (nSPS) is 15.6. The van der Waals surface area contributed by atoms with Crippen molar-refractivity contribution in [2.75, 3.05) is 37.3 Å². The molecule has 1 aliphatic rings. The Morgan fingerprint density at radius 1 is 1.26 bits per heavy atom. The molecule has 0 radical (unpaired) electrons. The van der Waals surface area contributed by atoms with Gasteiger partial charge in [-0.2, -0.15) is 0 Å². The van der Waals surface area contributed by atoms with E-state index in [2.05, 4.69) is 14.9 Å². The van der Waals surface area contributed by atoms with Crippen LogP contribution in [0.1, 0.15) is 17.0 Å². The zero-order valence-corrected chi connectivity index (χ0v) is 14.3. The molecule has 23 heavy (non-hydrogen) atoms. The second-order valence-electron chi connectivity index (χ2n) is 5.14. The summed E-state index contributed by atoms with van der Waals surface area (Å²) >= 11 is 7.26. The highest BCUT2D eigenvalue weighted by Crippen LogP contribution is 2.19. The van der Waals surface area contributed by atoms with E-state index >= 15 is 0 Å². The molecule has 0 atom stereocenters. The minimum absolute atomic E-state index is 0.119. The second-order valence-corrected chi connectivity index (χ2v) is 6.28. The molecule has 3 rings (SSSR count). The summed E-state index contributed by atoms with van der Waals surface area (Å²) in [5.41, 5.74) is 0. The van der Waals surface area contributed by atoms with E-state index in [9.17, 15) is 4.79 Å². The predicted octanol–water partition coefficient (Wildman–Crippen LogP) is 2.80. The molecule has 8 heteroatoms. The summed E-state index contributed by atoms with van der Waals surface area (Å²) in [5.74, 6) is 1.07. The predicted molar refractivity (Wildman–Crippen MR) is 90.3 cm³/mol. The van der Waals surface area contributed by atoms with Crippen molar-refractivity contribution in [3.63, 3.8) is 0 Å². The van der Waals surface area contributed by atoms with Crippen molar-refractivity contribution in [2.24, 2.45) is 0 Å². The Kier molecular flexibility index (Phi) is 5.07. The van der Waals surface area contributed by atoms with Crippen molar-refractivity contribution in [1.29, 1.82) is 0 Å². The largest absolute Gasteiger partial charge is 0.440 e. The number of carbonyl (C=O) groups excluding carboxylic acids is 1. The van der Waals surface area contributed by atoms with Crippen LogP contribution in [0.25, 0.3) is 0 Å². The molecule has 0 spiro atoms. The molecule has 0 aromatic carbocycles. The summed E-state index contributed by atoms with van der Waals surface area (Å²) in [7, 11) is 0. The topological polar surface area (TPSA) is 62.5 Å². The van der Waals surface area contributed by atoms with Gasteiger partial charge in [-0.25, -0.2) is 9.97 Å². The molecule has 1 saturated heterocycles. The van der Waals surface area contributed by atoms with E-state index in [0.717, 1.165) is 30.5 Å². The zero-order chi connectivity index (χ0) is 16.2. The van der Waals surface area contributed by atoms with Crippen molar-refractivity contribution in [3.05, 3.63) is 35.4 Å². The van der Waals surface area contributed by atoms with Crippen LogP contribution in [0.3, 0.4) is 0 Å². The number of carbonyl (C=O) groups is 1. The van der Waals surface area contributed by atoms with E-state index in [0.29, 0.717) is 13.1 Å². The SMILES string of the molecule is CSc1nccc(N2CCCN(C(=O)c3ccc(Cl)o3)CC2)n1. The average Bonchev–Trinajstić information content (AvgIpc) is 2.86. The Bertz CT molecular complexity index is 694. The van der Waals surface area contributed by atoms with Crippen LogP contribution in [0.2, 0.25) is 5.22 Å². The maximum Gasteiger partial charge on any atom is 0.289 e. The fourth-order valence-electron chi connectivity index (χ4n) is 2.54. The number of anilines is 1. The lowest BCUT2D eigenvalue weighted by atomic mass is 10.3. The van der Waals surface area contributed by atoms with Crippen molar-refractivity contribution in [1.82, 2.24) is 14.9 Å². The summed E-state index contributed by atoms with van der Waals surface area (Å²) in [6.07, 6.45) is 4.60. The molecule has 0 aliphatic carbocycles. The molecule has 6 nitrogen and oxygen atoms in total. The Balaban J connectivity index is 1.68. The van der Waals surface area contributed by atoms with Gasteiger partial charge in [0, 0.05) is 32.4 Å². The van der Waals surface area contributed by atoms with Gasteiger partial charge in [-0.15, -0.1) is 0 Å². The van der Waals surface area contributed by atoms with Crippen LogP contribution in [0.4, 0.5) is 5.82 Å². The standard InChI is InChI=1S/C15H17ClN4O2S/c1-23-15-17-6-5-13(18-15)19-7-2-8-20(10-9-19)14(21)11-3-4-12(16)22-11/h3-6H,2,7-10H2,1H3. The Morgan fingerprint density at radius 3 is 2.87 bits per heavy atom. The highest BCUT2D eigenvalue weighted by atomic mass is 35.5. The van der Waals surface area contributed by atoms with Crippen molar-refractivity contribution < 1.29 is 9.21 Å². The van der Waals surface area contributed by atoms with Gasteiger partial charge in [0.2, 0.25) is 0 Å². The van der Waals surface area contributed by atoms with Gasteiger partial charge in [0.1, 0.15) is 5.82 Å². The smallest absolute Gasteiger partial charge is 0.289 e. The number of amides is 1.